The van der Waals surface area contributed by atoms with E-state index in [1.165, 1.54) is 12.8 Å². The van der Waals surface area contributed by atoms with Gasteiger partial charge in [-0.2, -0.15) is 0 Å². The number of fused-ring (bicyclic) bond motifs is 2. The molecular formula is C12H24NO+. The zero-order valence-electron chi connectivity index (χ0n) is 10.4. The van der Waals surface area contributed by atoms with E-state index >= 15 is 0 Å². The van der Waals surface area contributed by atoms with Gasteiger partial charge in [0.05, 0.1) is 27.2 Å². The van der Waals surface area contributed by atoms with Crippen molar-refractivity contribution in [1.29, 1.82) is 0 Å². The first-order valence-electron chi connectivity index (χ1n) is 5.68. The number of likely N-dealkylation sites (N-methyl/N-ethyl adjacent to an activating group) is 1. The summed E-state index contributed by atoms with van der Waals surface area (Å²) in [6.45, 7) is 7.15. The van der Waals surface area contributed by atoms with Crippen molar-refractivity contribution in [2.45, 2.75) is 51.4 Å². The molecule has 2 heteroatoms. The van der Waals surface area contributed by atoms with Crippen LogP contribution in [0.25, 0.3) is 0 Å². The second-order valence-corrected chi connectivity index (χ2v) is 6.57. The van der Waals surface area contributed by atoms with Gasteiger partial charge in [0.25, 0.3) is 0 Å². The Morgan fingerprint density at radius 2 is 1.50 bits per heavy atom. The number of ether oxygens (including phenoxy) is 1. The minimum absolute atomic E-state index is 0.260. The van der Waals surface area contributed by atoms with Crippen LogP contribution in [0.15, 0.2) is 0 Å². The number of quaternary nitrogens is 1. The van der Waals surface area contributed by atoms with Gasteiger partial charge in [0.2, 0.25) is 0 Å². The second kappa shape index (κ2) is 2.53. The Morgan fingerprint density at radius 3 is 1.79 bits per heavy atom. The normalized spacial score (nSPS) is 45.9. The fourth-order valence-electron chi connectivity index (χ4n) is 3.62. The molecule has 14 heavy (non-hydrogen) atoms. The first-order chi connectivity index (χ1) is 6.21. The van der Waals surface area contributed by atoms with E-state index in [1.54, 1.807) is 0 Å². The highest BCUT2D eigenvalue weighted by molar-refractivity contribution is 5.11. The van der Waals surface area contributed by atoms with E-state index in [1.807, 2.05) is 0 Å². The summed E-state index contributed by atoms with van der Waals surface area (Å²) in [6.07, 6.45) is 3.45. The van der Waals surface area contributed by atoms with Crippen LogP contribution < -0.4 is 0 Å². The summed E-state index contributed by atoms with van der Waals surface area (Å²) in [5.41, 5.74) is 0.560. The van der Waals surface area contributed by atoms with Crippen LogP contribution in [0.4, 0.5) is 0 Å². The predicted molar refractivity (Wildman–Crippen MR) is 58.1 cm³/mol. The van der Waals surface area contributed by atoms with Crippen LogP contribution in [-0.4, -0.2) is 43.4 Å². The zero-order valence-corrected chi connectivity index (χ0v) is 10.4. The fraction of sp³-hybridized carbons (Fsp3) is 1.00. The van der Waals surface area contributed by atoms with Gasteiger partial charge in [-0.15, -0.1) is 0 Å². The highest BCUT2D eigenvalue weighted by atomic mass is 16.5. The molecule has 0 unspecified atom stereocenters. The molecule has 2 bridgehead atoms. The van der Waals surface area contributed by atoms with Gasteiger partial charge in [-0.25, -0.2) is 0 Å². The maximum atomic E-state index is 6.11. The van der Waals surface area contributed by atoms with E-state index < -0.39 is 0 Å². The molecule has 2 heterocycles. The van der Waals surface area contributed by atoms with Crippen LogP contribution in [0.3, 0.4) is 0 Å². The standard InChI is InChI=1S/C12H24NO/c1-11(2)9-7-8-10(14-9)12(11,3)13(4,5)6/h9-10H,7-8H2,1-6H3/q+1/t9-,10+,12-/m0/s1. The molecule has 2 nitrogen and oxygen atoms in total. The molecule has 0 amide bonds. The van der Waals surface area contributed by atoms with Crippen LogP contribution in [0.1, 0.15) is 33.6 Å². The summed E-state index contributed by atoms with van der Waals surface area (Å²) in [5, 5.41) is 0. The molecule has 2 saturated heterocycles. The molecule has 0 N–H and O–H groups in total. The van der Waals surface area contributed by atoms with Crippen LogP contribution in [0, 0.1) is 5.41 Å². The predicted octanol–water partition coefficient (Wildman–Crippen LogP) is 2.04. The molecule has 0 radical (unpaired) electrons. The molecule has 2 rings (SSSR count). The van der Waals surface area contributed by atoms with E-state index in [0.717, 1.165) is 4.48 Å². The van der Waals surface area contributed by atoms with Gasteiger partial charge in [-0.05, 0) is 19.8 Å². The van der Waals surface area contributed by atoms with Crippen molar-refractivity contribution in [2.75, 3.05) is 21.1 Å². The van der Waals surface area contributed by atoms with Gasteiger partial charge in [0, 0.05) is 5.41 Å². The van der Waals surface area contributed by atoms with Crippen molar-refractivity contribution in [1.82, 2.24) is 0 Å². The lowest BCUT2D eigenvalue weighted by Crippen LogP contribution is -2.67. The molecule has 2 aliphatic rings. The Bertz CT molecular complexity index is 254. The summed E-state index contributed by atoms with van der Waals surface area (Å²) in [4.78, 5) is 0. The average molecular weight is 198 g/mol. The Balaban J connectivity index is 2.44. The highest BCUT2D eigenvalue weighted by Crippen LogP contribution is 2.57. The van der Waals surface area contributed by atoms with E-state index in [2.05, 4.69) is 41.9 Å². The van der Waals surface area contributed by atoms with Gasteiger partial charge in [-0.1, -0.05) is 13.8 Å². The maximum absolute atomic E-state index is 6.11. The third-order valence-corrected chi connectivity index (χ3v) is 5.15. The van der Waals surface area contributed by atoms with Gasteiger partial charge in [0.1, 0.15) is 11.6 Å². The van der Waals surface area contributed by atoms with Crippen molar-refractivity contribution in [3.8, 4) is 0 Å². The Kier molecular flexibility index (Phi) is 1.89. The third kappa shape index (κ3) is 0.938. The Hall–Kier alpha value is -0.0800. The molecule has 2 fully saturated rings. The van der Waals surface area contributed by atoms with E-state index in [4.69, 9.17) is 4.74 Å². The van der Waals surface area contributed by atoms with Crippen LogP contribution in [0.5, 0.6) is 0 Å². The third-order valence-electron chi connectivity index (χ3n) is 5.15. The fourth-order valence-corrected chi connectivity index (χ4v) is 3.62. The summed E-state index contributed by atoms with van der Waals surface area (Å²) in [5.74, 6) is 0. The van der Waals surface area contributed by atoms with Crippen molar-refractivity contribution < 1.29 is 9.22 Å². The van der Waals surface area contributed by atoms with Crippen molar-refractivity contribution >= 4 is 0 Å². The first-order valence-corrected chi connectivity index (χ1v) is 5.68. The Morgan fingerprint density at radius 1 is 1.00 bits per heavy atom. The lowest BCUT2D eigenvalue weighted by Gasteiger charge is -2.53. The van der Waals surface area contributed by atoms with Gasteiger partial charge < -0.3 is 9.22 Å². The SMILES string of the molecule is CC1(C)[C@@H]2CC[C@@H](O2)[C@]1(C)[N+](C)(C)C. The lowest BCUT2D eigenvalue weighted by molar-refractivity contribution is -0.931. The molecule has 0 saturated carbocycles. The molecule has 0 aromatic rings. The second-order valence-electron chi connectivity index (χ2n) is 6.57. The van der Waals surface area contributed by atoms with E-state index in [9.17, 15) is 0 Å². The topological polar surface area (TPSA) is 9.23 Å². The monoisotopic (exact) mass is 198 g/mol. The number of rotatable bonds is 1. The molecule has 82 valence electrons. The maximum Gasteiger partial charge on any atom is 0.130 e. The molecule has 2 aliphatic heterocycles. The van der Waals surface area contributed by atoms with Gasteiger partial charge in [0.15, 0.2) is 0 Å². The molecule has 0 aromatic carbocycles. The Labute approximate surface area is 87.8 Å². The molecule has 0 aromatic heterocycles. The van der Waals surface area contributed by atoms with Crippen LogP contribution in [-0.2, 0) is 4.74 Å². The van der Waals surface area contributed by atoms with Crippen molar-refractivity contribution in [3.63, 3.8) is 0 Å². The number of hydrogen-bond acceptors (Lipinski definition) is 1. The highest BCUT2D eigenvalue weighted by Gasteiger charge is 2.68. The minimum atomic E-state index is 0.260. The quantitative estimate of drug-likeness (QED) is 0.586. The molecule has 3 atom stereocenters. The zero-order chi connectivity index (χ0) is 10.8. The van der Waals surface area contributed by atoms with Gasteiger partial charge in [-0.3, -0.25) is 0 Å². The van der Waals surface area contributed by atoms with Crippen molar-refractivity contribution in [3.05, 3.63) is 0 Å². The van der Waals surface area contributed by atoms with Gasteiger partial charge >= 0.3 is 0 Å². The van der Waals surface area contributed by atoms with E-state index in [-0.39, 0.29) is 5.54 Å². The summed E-state index contributed by atoms with van der Waals surface area (Å²) >= 11 is 0. The average Bonchev–Trinajstić information content (AvgIpc) is 2.52. The van der Waals surface area contributed by atoms with Crippen LogP contribution in [0.2, 0.25) is 0 Å². The van der Waals surface area contributed by atoms with Crippen LogP contribution >= 0.6 is 0 Å². The first kappa shape index (κ1) is 10.4. The van der Waals surface area contributed by atoms with Crippen molar-refractivity contribution in [2.24, 2.45) is 5.41 Å². The number of hydrogen-bond donors (Lipinski definition) is 0. The molecular weight excluding hydrogens is 174 g/mol. The minimum Gasteiger partial charge on any atom is -0.368 e. The lowest BCUT2D eigenvalue weighted by atomic mass is 9.62. The summed E-state index contributed by atoms with van der Waals surface area (Å²) in [6, 6.07) is 0. The van der Waals surface area contributed by atoms with E-state index in [0.29, 0.717) is 17.6 Å². The summed E-state index contributed by atoms with van der Waals surface area (Å²) < 4.78 is 7.12. The smallest absolute Gasteiger partial charge is 0.130 e. The largest absolute Gasteiger partial charge is 0.368 e. The summed E-state index contributed by atoms with van der Waals surface area (Å²) in [7, 11) is 6.89. The number of nitrogens with zero attached hydrogens (tertiary/aromatic N) is 1. The molecule has 0 aliphatic carbocycles. The molecule has 0 spiro atoms.